The van der Waals surface area contributed by atoms with Crippen molar-refractivity contribution in [1.82, 2.24) is 0 Å². The molecular weight excluding hydrogens is 352 g/mol. The second kappa shape index (κ2) is 8.84. The predicted molar refractivity (Wildman–Crippen MR) is 112 cm³/mol. The van der Waals surface area contributed by atoms with E-state index in [1.54, 1.807) is 0 Å². The number of carbonyl (C=O) groups excluding carboxylic acids is 2. The Morgan fingerprint density at radius 3 is 2.39 bits per heavy atom. The fraction of sp³-hybridized carbons (Fsp3) is 0.750. The van der Waals surface area contributed by atoms with Gasteiger partial charge in [-0.1, -0.05) is 38.3 Å². The van der Waals surface area contributed by atoms with Gasteiger partial charge in [0.1, 0.15) is 12.7 Å². The fourth-order valence-corrected chi connectivity index (χ4v) is 5.64. The molecule has 0 aromatic rings. The Morgan fingerprint density at radius 2 is 1.79 bits per heavy atom. The zero-order valence-electron chi connectivity index (χ0n) is 18.8. The van der Waals surface area contributed by atoms with Crippen molar-refractivity contribution in [3.05, 3.63) is 22.8 Å². The van der Waals surface area contributed by atoms with Crippen LogP contribution in [0, 0.1) is 16.7 Å². The smallest absolute Gasteiger partial charge is 0.303 e. The van der Waals surface area contributed by atoms with Crippen molar-refractivity contribution in [2.24, 2.45) is 16.7 Å². The summed E-state index contributed by atoms with van der Waals surface area (Å²) in [7, 11) is 0. The van der Waals surface area contributed by atoms with E-state index in [1.165, 1.54) is 49.8 Å². The van der Waals surface area contributed by atoms with Crippen LogP contribution in [0.15, 0.2) is 22.8 Å². The van der Waals surface area contributed by atoms with E-state index in [0.29, 0.717) is 12.5 Å². The van der Waals surface area contributed by atoms with Gasteiger partial charge in [0.2, 0.25) is 0 Å². The number of rotatable bonds is 6. The molecule has 0 N–H and O–H groups in total. The van der Waals surface area contributed by atoms with Gasteiger partial charge in [-0.2, -0.15) is 0 Å². The SMILES string of the molecule is CC(=O)OCC=C(C)CCC1=C(C)C(OC(C)=O)CC2C(C)(C)CCCC12C. The molecule has 0 aromatic heterocycles. The molecule has 2 aliphatic carbocycles. The number of allylic oxidation sites excluding steroid dienone is 2. The third-order valence-electron chi connectivity index (χ3n) is 7.12. The van der Waals surface area contributed by atoms with Crippen LogP contribution in [-0.4, -0.2) is 24.6 Å². The molecule has 0 heterocycles. The maximum Gasteiger partial charge on any atom is 0.303 e. The van der Waals surface area contributed by atoms with Crippen molar-refractivity contribution in [1.29, 1.82) is 0 Å². The van der Waals surface area contributed by atoms with Gasteiger partial charge < -0.3 is 9.47 Å². The Kier molecular flexibility index (Phi) is 7.17. The number of carbonyl (C=O) groups is 2. The summed E-state index contributed by atoms with van der Waals surface area (Å²) in [5, 5.41) is 0. The molecule has 3 atom stereocenters. The van der Waals surface area contributed by atoms with Crippen molar-refractivity contribution in [3.8, 4) is 0 Å². The van der Waals surface area contributed by atoms with Crippen molar-refractivity contribution in [2.45, 2.75) is 93.1 Å². The minimum absolute atomic E-state index is 0.103. The van der Waals surface area contributed by atoms with E-state index in [2.05, 4.69) is 34.6 Å². The van der Waals surface area contributed by atoms with Crippen LogP contribution < -0.4 is 0 Å². The van der Waals surface area contributed by atoms with Gasteiger partial charge in [-0.15, -0.1) is 0 Å². The van der Waals surface area contributed by atoms with Crippen molar-refractivity contribution < 1.29 is 19.1 Å². The highest BCUT2D eigenvalue weighted by Gasteiger charge is 2.52. The van der Waals surface area contributed by atoms with Crippen LogP contribution in [0.25, 0.3) is 0 Å². The maximum absolute atomic E-state index is 11.7. The standard InChI is InChI=1S/C24H38O4/c1-16(11-14-27-18(3)25)9-10-20-17(2)21(28-19(4)26)15-22-23(5,6)12-8-13-24(20,22)7/h11,21-22H,8-10,12-15H2,1-7H3. The first-order chi connectivity index (χ1) is 13.0. The Hall–Kier alpha value is -1.58. The molecule has 1 fully saturated rings. The van der Waals surface area contributed by atoms with Crippen LogP contribution in [0.5, 0.6) is 0 Å². The molecule has 28 heavy (non-hydrogen) atoms. The number of hydrogen-bond donors (Lipinski definition) is 0. The van der Waals surface area contributed by atoms with Crippen molar-refractivity contribution >= 4 is 11.9 Å². The van der Waals surface area contributed by atoms with Crippen LogP contribution in [0.4, 0.5) is 0 Å². The molecule has 0 bridgehead atoms. The zero-order chi connectivity index (χ0) is 21.1. The average Bonchev–Trinajstić information content (AvgIpc) is 2.55. The first-order valence-corrected chi connectivity index (χ1v) is 10.6. The van der Waals surface area contributed by atoms with E-state index in [4.69, 9.17) is 9.47 Å². The van der Waals surface area contributed by atoms with Crippen LogP contribution in [0.2, 0.25) is 0 Å². The lowest BCUT2D eigenvalue weighted by atomic mass is 9.49. The number of esters is 2. The second-order valence-electron chi connectivity index (χ2n) is 9.66. The Labute approximate surface area is 170 Å². The molecule has 1 saturated carbocycles. The Bertz CT molecular complexity index is 670. The van der Waals surface area contributed by atoms with E-state index in [-0.39, 0.29) is 28.9 Å². The zero-order valence-corrected chi connectivity index (χ0v) is 18.8. The van der Waals surface area contributed by atoms with E-state index >= 15 is 0 Å². The third kappa shape index (κ3) is 5.07. The van der Waals surface area contributed by atoms with Crippen LogP contribution in [-0.2, 0) is 19.1 Å². The first-order valence-electron chi connectivity index (χ1n) is 10.6. The van der Waals surface area contributed by atoms with Crippen LogP contribution in [0.1, 0.15) is 87.0 Å². The minimum atomic E-state index is -0.251. The Morgan fingerprint density at radius 1 is 1.11 bits per heavy atom. The molecule has 0 radical (unpaired) electrons. The summed E-state index contributed by atoms with van der Waals surface area (Å²) < 4.78 is 10.8. The summed E-state index contributed by atoms with van der Waals surface area (Å²) in [6.07, 6.45) is 8.40. The molecule has 158 valence electrons. The maximum atomic E-state index is 11.7. The summed E-state index contributed by atoms with van der Waals surface area (Å²) in [5.41, 5.74) is 4.37. The summed E-state index contributed by atoms with van der Waals surface area (Å²) in [4.78, 5) is 22.7. The highest BCUT2D eigenvalue weighted by molar-refractivity contribution is 5.66. The van der Waals surface area contributed by atoms with Gasteiger partial charge in [0.15, 0.2) is 0 Å². The predicted octanol–water partition coefficient (Wildman–Crippen LogP) is 5.76. The number of hydrogen-bond acceptors (Lipinski definition) is 4. The van der Waals surface area contributed by atoms with Crippen LogP contribution >= 0.6 is 0 Å². The van der Waals surface area contributed by atoms with Gasteiger partial charge in [0, 0.05) is 13.8 Å². The quantitative estimate of drug-likeness (QED) is 0.427. The topological polar surface area (TPSA) is 52.6 Å². The lowest BCUT2D eigenvalue weighted by molar-refractivity contribution is -0.148. The summed E-state index contributed by atoms with van der Waals surface area (Å²) in [6.45, 7) is 14.7. The fourth-order valence-electron chi connectivity index (χ4n) is 5.64. The summed E-state index contributed by atoms with van der Waals surface area (Å²) >= 11 is 0. The third-order valence-corrected chi connectivity index (χ3v) is 7.12. The monoisotopic (exact) mass is 390 g/mol. The molecule has 4 heteroatoms. The summed E-state index contributed by atoms with van der Waals surface area (Å²) in [6, 6.07) is 0. The number of fused-ring (bicyclic) bond motifs is 1. The molecule has 0 amide bonds. The molecule has 0 aromatic carbocycles. The summed E-state index contributed by atoms with van der Waals surface area (Å²) in [5.74, 6) is 0.0689. The molecule has 4 nitrogen and oxygen atoms in total. The molecule has 0 saturated heterocycles. The minimum Gasteiger partial charge on any atom is -0.462 e. The lowest BCUT2D eigenvalue weighted by Crippen LogP contribution is -2.49. The second-order valence-corrected chi connectivity index (χ2v) is 9.66. The molecule has 0 spiro atoms. The van der Waals surface area contributed by atoms with E-state index in [9.17, 15) is 9.59 Å². The Balaban J connectivity index is 2.28. The molecule has 2 aliphatic rings. The highest BCUT2D eigenvalue weighted by Crippen LogP contribution is 2.60. The van der Waals surface area contributed by atoms with Gasteiger partial charge in [0.25, 0.3) is 0 Å². The average molecular weight is 391 g/mol. The van der Waals surface area contributed by atoms with Crippen LogP contribution in [0.3, 0.4) is 0 Å². The van der Waals surface area contributed by atoms with Gasteiger partial charge in [-0.05, 0) is 74.3 Å². The molecule has 3 unspecified atom stereocenters. The molecule has 0 aliphatic heterocycles. The van der Waals surface area contributed by atoms with Crippen molar-refractivity contribution in [2.75, 3.05) is 6.61 Å². The molecular formula is C24H38O4. The van der Waals surface area contributed by atoms with Gasteiger partial charge >= 0.3 is 11.9 Å². The lowest BCUT2D eigenvalue weighted by Gasteiger charge is -2.56. The van der Waals surface area contributed by atoms with E-state index < -0.39 is 0 Å². The number of ether oxygens (including phenoxy) is 2. The first kappa shape index (κ1) is 22.7. The van der Waals surface area contributed by atoms with Gasteiger partial charge in [0.05, 0.1) is 0 Å². The van der Waals surface area contributed by atoms with E-state index in [0.717, 1.165) is 19.3 Å². The largest absolute Gasteiger partial charge is 0.462 e. The normalized spacial score (nSPS) is 29.9. The van der Waals surface area contributed by atoms with Gasteiger partial charge in [-0.25, -0.2) is 0 Å². The highest BCUT2D eigenvalue weighted by atomic mass is 16.5. The van der Waals surface area contributed by atoms with Crippen molar-refractivity contribution in [3.63, 3.8) is 0 Å². The van der Waals surface area contributed by atoms with E-state index in [1.807, 2.05) is 6.08 Å². The van der Waals surface area contributed by atoms with Gasteiger partial charge in [-0.3, -0.25) is 9.59 Å². The molecule has 2 rings (SSSR count).